The molecule has 42 heavy (non-hydrogen) atoms. The monoisotopic (exact) mass is 580 g/mol. The molecule has 1 aliphatic rings. The Labute approximate surface area is 247 Å². The molecule has 6 nitrogen and oxygen atoms in total. The first-order valence-corrected chi connectivity index (χ1v) is 14.5. The van der Waals surface area contributed by atoms with E-state index in [1.807, 2.05) is 58.9 Å². The van der Waals surface area contributed by atoms with Crippen LogP contribution in [0.3, 0.4) is 0 Å². The number of piperidine rings is 1. The lowest BCUT2D eigenvalue weighted by molar-refractivity contribution is -0.160. The number of aromatic nitrogens is 1. The van der Waals surface area contributed by atoms with E-state index in [0.717, 1.165) is 54.5 Å². The van der Waals surface area contributed by atoms with Gasteiger partial charge in [-0.3, -0.25) is 4.98 Å². The zero-order valence-electron chi connectivity index (χ0n) is 25.7. The Kier molecular flexibility index (Phi) is 9.26. The molecule has 0 spiro atoms. The van der Waals surface area contributed by atoms with E-state index in [1.165, 1.54) is 6.07 Å². The highest BCUT2D eigenvalue weighted by molar-refractivity contribution is 5.88. The van der Waals surface area contributed by atoms with Crippen molar-refractivity contribution in [2.24, 2.45) is 5.41 Å². The Morgan fingerprint density at radius 2 is 1.67 bits per heavy atom. The van der Waals surface area contributed by atoms with Gasteiger partial charge in [-0.05, 0) is 88.3 Å². The molecular weight excluding hydrogens is 538 g/mol. The van der Waals surface area contributed by atoms with Crippen LogP contribution in [0.15, 0.2) is 42.5 Å². The van der Waals surface area contributed by atoms with Crippen LogP contribution in [0.4, 0.5) is 14.5 Å². The van der Waals surface area contributed by atoms with Crippen LogP contribution >= 0.6 is 0 Å². The highest BCUT2D eigenvalue weighted by Crippen LogP contribution is 2.45. The third-order valence-electron chi connectivity index (χ3n) is 7.76. The molecule has 3 aromatic rings. The van der Waals surface area contributed by atoms with Gasteiger partial charge in [0.15, 0.2) is 17.7 Å². The molecule has 1 atom stereocenters. The standard InChI is InChI=1S/C34H42F2N2O4/c1-21-28(24-9-11-25(12-10-24)41-19-14-23-8-13-26(35)27(36)20-23)30(38-17-15-34(6,7)16-18-38)29(22(2)37-21)31(32(39)40)42-33(3,4)5/h8-13,20,31H,14-19H2,1-7H3,(H,39,40). The molecule has 1 unspecified atom stereocenters. The van der Waals surface area contributed by atoms with Crippen LogP contribution in [0.25, 0.3) is 11.1 Å². The predicted octanol–water partition coefficient (Wildman–Crippen LogP) is 7.83. The number of anilines is 1. The van der Waals surface area contributed by atoms with E-state index < -0.39 is 29.3 Å². The summed E-state index contributed by atoms with van der Waals surface area (Å²) in [5.41, 5.74) is 4.86. The number of ether oxygens (including phenoxy) is 2. The normalized spacial score (nSPS) is 15.9. The van der Waals surface area contributed by atoms with Crippen molar-refractivity contribution >= 4 is 11.7 Å². The fourth-order valence-corrected chi connectivity index (χ4v) is 5.45. The van der Waals surface area contributed by atoms with Crippen molar-refractivity contribution < 1.29 is 28.2 Å². The fraction of sp³-hybridized carbons (Fsp3) is 0.471. The summed E-state index contributed by atoms with van der Waals surface area (Å²) < 4.78 is 38.8. The van der Waals surface area contributed by atoms with Crippen molar-refractivity contribution in [3.05, 3.63) is 76.6 Å². The molecule has 2 aromatic carbocycles. The molecule has 0 bridgehead atoms. The highest BCUT2D eigenvalue weighted by Gasteiger charge is 2.36. The Morgan fingerprint density at radius 3 is 2.24 bits per heavy atom. The van der Waals surface area contributed by atoms with Crippen molar-refractivity contribution in [2.45, 2.75) is 79.4 Å². The maximum Gasteiger partial charge on any atom is 0.337 e. The van der Waals surface area contributed by atoms with Crippen LogP contribution in [0.2, 0.25) is 0 Å². The predicted molar refractivity (Wildman–Crippen MR) is 161 cm³/mol. The number of carboxylic acid groups (broad SMARTS) is 1. The van der Waals surface area contributed by atoms with Gasteiger partial charge in [-0.2, -0.15) is 0 Å². The number of carboxylic acids is 1. The van der Waals surface area contributed by atoms with Gasteiger partial charge in [-0.25, -0.2) is 13.6 Å². The molecule has 1 fully saturated rings. The van der Waals surface area contributed by atoms with E-state index in [4.69, 9.17) is 14.5 Å². The summed E-state index contributed by atoms with van der Waals surface area (Å²) in [6.07, 6.45) is 1.22. The van der Waals surface area contributed by atoms with Crippen molar-refractivity contribution in [3.63, 3.8) is 0 Å². The lowest BCUT2D eigenvalue weighted by atomic mass is 9.82. The molecule has 0 radical (unpaired) electrons. The smallest absolute Gasteiger partial charge is 0.337 e. The van der Waals surface area contributed by atoms with Gasteiger partial charge in [0.1, 0.15) is 5.75 Å². The van der Waals surface area contributed by atoms with Crippen LogP contribution < -0.4 is 9.64 Å². The number of hydrogen-bond acceptors (Lipinski definition) is 5. The average Bonchev–Trinajstić information content (AvgIpc) is 2.89. The van der Waals surface area contributed by atoms with Crippen LogP contribution in [0.1, 0.15) is 76.1 Å². The molecule has 1 N–H and O–H groups in total. The molecule has 1 aromatic heterocycles. The van der Waals surface area contributed by atoms with Crippen LogP contribution in [0.5, 0.6) is 5.75 Å². The minimum Gasteiger partial charge on any atom is -0.493 e. The number of pyridine rings is 1. The largest absolute Gasteiger partial charge is 0.493 e. The molecule has 0 aliphatic carbocycles. The van der Waals surface area contributed by atoms with E-state index in [-0.39, 0.29) is 5.41 Å². The van der Waals surface area contributed by atoms with Gasteiger partial charge in [-0.1, -0.05) is 32.0 Å². The van der Waals surface area contributed by atoms with E-state index in [2.05, 4.69) is 18.7 Å². The quantitative estimate of drug-likeness (QED) is 0.278. The number of carbonyl (C=O) groups is 1. The summed E-state index contributed by atoms with van der Waals surface area (Å²) in [4.78, 5) is 19.8. The second-order valence-electron chi connectivity index (χ2n) is 12.9. The van der Waals surface area contributed by atoms with Gasteiger partial charge >= 0.3 is 5.97 Å². The SMILES string of the molecule is Cc1nc(C)c(C(OC(C)(C)C)C(=O)O)c(N2CCC(C)(C)CC2)c1-c1ccc(OCCc2ccc(F)c(F)c2)cc1. The molecule has 0 saturated carbocycles. The van der Waals surface area contributed by atoms with Crippen molar-refractivity contribution in [1.29, 1.82) is 0 Å². The Hall–Kier alpha value is -3.52. The van der Waals surface area contributed by atoms with E-state index in [0.29, 0.717) is 35.6 Å². The van der Waals surface area contributed by atoms with Crippen LogP contribution in [0, 0.1) is 30.9 Å². The van der Waals surface area contributed by atoms with Gasteiger partial charge in [0.2, 0.25) is 0 Å². The number of hydrogen-bond donors (Lipinski definition) is 1. The first kappa shape index (κ1) is 31.4. The molecular formula is C34H42F2N2O4. The van der Waals surface area contributed by atoms with E-state index in [9.17, 15) is 18.7 Å². The number of halogens is 2. The summed E-state index contributed by atoms with van der Waals surface area (Å²) in [7, 11) is 0. The average molecular weight is 581 g/mol. The topological polar surface area (TPSA) is 71.9 Å². The van der Waals surface area contributed by atoms with E-state index in [1.54, 1.807) is 6.07 Å². The summed E-state index contributed by atoms with van der Waals surface area (Å²) >= 11 is 0. The van der Waals surface area contributed by atoms with Gasteiger partial charge < -0.3 is 19.5 Å². The zero-order valence-corrected chi connectivity index (χ0v) is 25.7. The van der Waals surface area contributed by atoms with E-state index >= 15 is 0 Å². The summed E-state index contributed by atoms with van der Waals surface area (Å²) in [5.74, 6) is -2.15. The number of nitrogens with zero attached hydrogens (tertiary/aromatic N) is 2. The highest BCUT2D eigenvalue weighted by atomic mass is 19.2. The van der Waals surface area contributed by atoms with Crippen molar-refractivity contribution in [3.8, 4) is 16.9 Å². The van der Waals surface area contributed by atoms with Gasteiger partial charge in [0.05, 0.1) is 17.9 Å². The van der Waals surface area contributed by atoms with Crippen molar-refractivity contribution in [1.82, 2.24) is 4.98 Å². The number of aliphatic carboxylic acids is 1. The maximum absolute atomic E-state index is 13.5. The van der Waals surface area contributed by atoms with Gasteiger partial charge in [0, 0.05) is 42.0 Å². The van der Waals surface area contributed by atoms with Gasteiger partial charge in [0.25, 0.3) is 0 Å². The minimum atomic E-state index is -1.18. The van der Waals surface area contributed by atoms with Gasteiger partial charge in [-0.15, -0.1) is 0 Å². The van der Waals surface area contributed by atoms with Crippen LogP contribution in [-0.2, 0) is 16.0 Å². The molecule has 8 heteroatoms. The molecule has 226 valence electrons. The zero-order chi connectivity index (χ0) is 30.8. The number of benzene rings is 2. The Balaban J connectivity index is 1.70. The number of aryl methyl sites for hydroxylation is 2. The first-order valence-electron chi connectivity index (χ1n) is 14.5. The second-order valence-corrected chi connectivity index (χ2v) is 12.9. The summed E-state index contributed by atoms with van der Waals surface area (Å²) in [5, 5.41) is 10.4. The van der Waals surface area contributed by atoms with Crippen LogP contribution in [-0.4, -0.2) is 41.4 Å². The summed E-state index contributed by atoms with van der Waals surface area (Å²) in [6.45, 7) is 15.8. The Morgan fingerprint density at radius 1 is 1.02 bits per heavy atom. The second kappa shape index (κ2) is 12.4. The third-order valence-corrected chi connectivity index (χ3v) is 7.76. The first-order chi connectivity index (χ1) is 19.6. The lowest BCUT2D eigenvalue weighted by Crippen LogP contribution is -2.39. The maximum atomic E-state index is 13.5. The van der Waals surface area contributed by atoms with Crippen molar-refractivity contribution in [2.75, 3.05) is 24.6 Å². The lowest BCUT2D eigenvalue weighted by Gasteiger charge is -2.41. The molecule has 2 heterocycles. The molecule has 1 aliphatic heterocycles. The molecule has 0 amide bonds. The fourth-order valence-electron chi connectivity index (χ4n) is 5.45. The Bertz CT molecular complexity index is 1420. The third kappa shape index (κ3) is 7.46. The molecule has 4 rings (SSSR count). The minimum absolute atomic E-state index is 0.209. The molecule has 1 saturated heterocycles. The number of rotatable bonds is 9. The summed E-state index contributed by atoms with van der Waals surface area (Å²) in [6, 6.07) is 11.5.